The van der Waals surface area contributed by atoms with Gasteiger partial charge in [0.15, 0.2) is 0 Å². The molecule has 0 spiro atoms. The molecule has 3 rings (SSSR count). The lowest BCUT2D eigenvalue weighted by molar-refractivity contribution is -0.123. The predicted octanol–water partition coefficient (Wildman–Crippen LogP) is 4.94. The first kappa shape index (κ1) is 21.6. The summed E-state index contributed by atoms with van der Waals surface area (Å²) in [7, 11) is 1.80. The van der Waals surface area contributed by atoms with Crippen molar-refractivity contribution >= 4 is 34.5 Å². The number of hydrogen-bond donors (Lipinski definition) is 2. The van der Waals surface area contributed by atoms with Gasteiger partial charge < -0.3 is 10.6 Å². The number of fused-ring (bicyclic) bond motifs is 1. The predicted molar refractivity (Wildman–Crippen MR) is 126 cm³/mol. The summed E-state index contributed by atoms with van der Waals surface area (Å²) in [6, 6.07) is 11.8. The molecule has 1 aliphatic rings. The van der Waals surface area contributed by atoms with Gasteiger partial charge >= 0.3 is 0 Å². The molecule has 0 saturated heterocycles. The molecular weight excluding hydrogens is 374 g/mol. The third kappa shape index (κ3) is 4.37. The first-order valence-corrected chi connectivity index (χ1v) is 10.2. The summed E-state index contributed by atoms with van der Waals surface area (Å²) in [5.74, 6) is 1.03. The van der Waals surface area contributed by atoms with E-state index in [9.17, 15) is 4.79 Å². The number of nitrogens with one attached hydrogen (secondary N) is 2. The Bertz CT molecular complexity index is 1000. The van der Waals surface area contributed by atoms with Crippen LogP contribution >= 0.6 is 0 Å². The Labute approximate surface area is 179 Å². The van der Waals surface area contributed by atoms with Crippen molar-refractivity contribution in [3.05, 3.63) is 54.4 Å². The number of aliphatic imine (C=N–C) groups is 1. The normalized spacial score (nSPS) is 17.7. The zero-order chi connectivity index (χ0) is 22.1. The van der Waals surface area contributed by atoms with Crippen molar-refractivity contribution in [2.45, 2.75) is 34.6 Å². The molecule has 1 unspecified atom stereocenters. The highest BCUT2D eigenvalue weighted by atomic mass is 16.2. The number of pyridine rings is 1. The monoisotopic (exact) mass is 405 g/mol. The van der Waals surface area contributed by atoms with Crippen LogP contribution in [0.15, 0.2) is 48.0 Å². The highest BCUT2D eigenvalue weighted by Crippen LogP contribution is 2.38. The summed E-state index contributed by atoms with van der Waals surface area (Å²) >= 11 is 0. The Balaban J connectivity index is 2.10. The van der Waals surface area contributed by atoms with Crippen molar-refractivity contribution in [1.29, 1.82) is 0 Å². The number of carbonyl (C=O) groups is 1. The van der Waals surface area contributed by atoms with E-state index < -0.39 is 5.41 Å². The minimum Gasteiger partial charge on any atom is -0.383 e. The van der Waals surface area contributed by atoms with Gasteiger partial charge in [-0.15, -0.1) is 0 Å². The molecule has 2 heterocycles. The molecule has 6 nitrogen and oxygen atoms in total. The van der Waals surface area contributed by atoms with Crippen LogP contribution in [0.2, 0.25) is 0 Å². The summed E-state index contributed by atoms with van der Waals surface area (Å²) < 4.78 is 0. The van der Waals surface area contributed by atoms with Crippen LogP contribution in [-0.4, -0.2) is 30.3 Å². The van der Waals surface area contributed by atoms with E-state index in [2.05, 4.69) is 39.0 Å². The molecule has 0 saturated carbocycles. The van der Waals surface area contributed by atoms with Crippen LogP contribution in [0.3, 0.4) is 0 Å². The minimum atomic E-state index is -0.482. The number of rotatable bonds is 3. The standard InChI is InChI=1S/C24H31N5O/c1-15-14-26-20-12-11-18(28-23(30)24(4,5)6)13-21(20)29(22(15)25-7)17(3)19-10-8-9-16(2)27-19/h8-13,15,26H,3,14H2,1-2,4-7H3,(H,28,30)/b25-22-. The second-order valence-corrected chi connectivity index (χ2v) is 8.75. The Morgan fingerprint density at radius 1 is 1.30 bits per heavy atom. The van der Waals surface area contributed by atoms with Crippen LogP contribution in [-0.2, 0) is 4.79 Å². The Morgan fingerprint density at radius 2 is 2.03 bits per heavy atom. The van der Waals surface area contributed by atoms with Gasteiger partial charge in [-0.2, -0.15) is 0 Å². The number of aryl methyl sites for hydroxylation is 1. The summed E-state index contributed by atoms with van der Waals surface area (Å²) in [5.41, 5.74) is 4.56. The van der Waals surface area contributed by atoms with Crippen molar-refractivity contribution in [3.8, 4) is 0 Å². The highest BCUT2D eigenvalue weighted by Gasteiger charge is 2.29. The number of hydrogen-bond acceptors (Lipinski definition) is 4. The van der Waals surface area contributed by atoms with Crippen LogP contribution < -0.4 is 15.5 Å². The Hall–Kier alpha value is -3.15. The zero-order valence-corrected chi connectivity index (χ0v) is 18.7. The van der Waals surface area contributed by atoms with Gasteiger partial charge in [-0.25, -0.2) is 0 Å². The molecule has 30 heavy (non-hydrogen) atoms. The maximum Gasteiger partial charge on any atom is 0.229 e. The van der Waals surface area contributed by atoms with Gasteiger partial charge in [-0.3, -0.25) is 19.7 Å². The third-order valence-electron chi connectivity index (χ3n) is 5.13. The summed E-state index contributed by atoms with van der Waals surface area (Å²) in [4.78, 5) is 23.8. The number of benzene rings is 1. The van der Waals surface area contributed by atoms with Gasteiger partial charge in [0, 0.05) is 36.3 Å². The largest absolute Gasteiger partial charge is 0.383 e. The molecule has 1 aliphatic heterocycles. The number of anilines is 3. The molecule has 0 bridgehead atoms. The van der Waals surface area contributed by atoms with Crippen LogP contribution in [0.25, 0.3) is 5.70 Å². The van der Waals surface area contributed by atoms with Crippen LogP contribution in [0.1, 0.15) is 39.1 Å². The van der Waals surface area contributed by atoms with Gasteiger partial charge in [-0.05, 0) is 37.3 Å². The molecule has 0 aliphatic carbocycles. The summed E-state index contributed by atoms with van der Waals surface area (Å²) in [5, 5.41) is 6.53. The smallest absolute Gasteiger partial charge is 0.229 e. The average Bonchev–Trinajstić information content (AvgIpc) is 2.82. The van der Waals surface area contributed by atoms with E-state index in [4.69, 9.17) is 0 Å². The molecule has 1 atom stereocenters. The summed E-state index contributed by atoms with van der Waals surface area (Å²) in [6.45, 7) is 14.9. The highest BCUT2D eigenvalue weighted by molar-refractivity contribution is 6.12. The molecule has 1 aromatic heterocycles. The molecule has 1 amide bonds. The van der Waals surface area contributed by atoms with Crippen LogP contribution in [0.5, 0.6) is 0 Å². The lowest BCUT2D eigenvalue weighted by Gasteiger charge is -2.29. The van der Waals surface area contributed by atoms with Crippen molar-refractivity contribution in [2.75, 3.05) is 29.1 Å². The quantitative estimate of drug-likeness (QED) is 0.759. The zero-order valence-electron chi connectivity index (χ0n) is 18.7. The van der Waals surface area contributed by atoms with Crippen molar-refractivity contribution in [2.24, 2.45) is 16.3 Å². The molecule has 1 aromatic carbocycles. The Morgan fingerprint density at radius 3 is 2.67 bits per heavy atom. The van der Waals surface area contributed by atoms with Gasteiger partial charge in [-0.1, -0.05) is 40.3 Å². The first-order valence-electron chi connectivity index (χ1n) is 10.2. The fourth-order valence-electron chi connectivity index (χ4n) is 3.38. The van der Waals surface area contributed by atoms with Gasteiger partial charge in [0.25, 0.3) is 0 Å². The number of carbonyl (C=O) groups excluding carboxylic acids is 1. The summed E-state index contributed by atoms with van der Waals surface area (Å²) in [6.07, 6.45) is 0. The lowest BCUT2D eigenvalue weighted by atomic mass is 9.95. The molecule has 2 N–H and O–H groups in total. The first-order chi connectivity index (χ1) is 14.1. The van der Waals surface area contributed by atoms with Gasteiger partial charge in [0.05, 0.1) is 22.8 Å². The molecule has 0 fully saturated rings. The molecule has 6 heteroatoms. The average molecular weight is 406 g/mol. The van der Waals surface area contributed by atoms with E-state index in [1.807, 2.05) is 64.1 Å². The van der Waals surface area contributed by atoms with E-state index in [-0.39, 0.29) is 11.8 Å². The van der Waals surface area contributed by atoms with E-state index in [1.54, 1.807) is 7.05 Å². The van der Waals surface area contributed by atoms with E-state index in [0.29, 0.717) is 0 Å². The minimum absolute atomic E-state index is 0.0347. The fourth-order valence-corrected chi connectivity index (χ4v) is 3.38. The number of amides is 1. The number of aromatic nitrogens is 1. The third-order valence-corrected chi connectivity index (χ3v) is 5.13. The lowest BCUT2D eigenvalue weighted by Crippen LogP contribution is -2.34. The van der Waals surface area contributed by atoms with Crippen molar-refractivity contribution < 1.29 is 4.79 Å². The molecular formula is C24H31N5O. The maximum absolute atomic E-state index is 12.5. The SMILES string of the molecule is C=C(c1cccc(C)n1)N1/C(=N\C)C(C)CNc2ccc(NC(=O)C(C)(C)C)cc21. The fraction of sp³-hybridized carbons (Fsp3) is 0.375. The Kier molecular flexibility index (Phi) is 5.97. The molecule has 2 aromatic rings. The van der Waals surface area contributed by atoms with E-state index >= 15 is 0 Å². The van der Waals surface area contributed by atoms with Crippen LogP contribution in [0, 0.1) is 18.3 Å². The molecule has 0 radical (unpaired) electrons. The molecule has 158 valence electrons. The second-order valence-electron chi connectivity index (χ2n) is 8.75. The van der Waals surface area contributed by atoms with Crippen molar-refractivity contribution in [3.63, 3.8) is 0 Å². The second kappa shape index (κ2) is 8.30. The van der Waals surface area contributed by atoms with Gasteiger partial charge in [0.2, 0.25) is 5.91 Å². The van der Waals surface area contributed by atoms with Crippen LogP contribution in [0.4, 0.5) is 17.1 Å². The topological polar surface area (TPSA) is 69.6 Å². The van der Waals surface area contributed by atoms with Crippen molar-refractivity contribution in [1.82, 2.24) is 4.98 Å². The van der Waals surface area contributed by atoms with Gasteiger partial charge in [0.1, 0.15) is 5.84 Å². The number of nitrogens with zero attached hydrogens (tertiary/aromatic N) is 3. The van der Waals surface area contributed by atoms with E-state index in [0.717, 1.165) is 46.5 Å². The van der Waals surface area contributed by atoms with E-state index in [1.165, 1.54) is 0 Å². The number of amidine groups is 1. The maximum atomic E-state index is 12.5.